The van der Waals surface area contributed by atoms with Crippen LogP contribution in [0.2, 0.25) is 0 Å². The summed E-state index contributed by atoms with van der Waals surface area (Å²) in [5.74, 6) is 0.917. The van der Waals surface area contributed by atoms with E-state index in [2.05, 4.69) is 6.92 Å². The number of nitrogens with two attached hydrogens (primary N) is 1. The number of likely N-dealkylation sites (tertiary alicyclic amines) is 1. The molecule has 0 atom stereocenters. The summed E-state index contributed by atoms with van der Waals surface area (Å²) in [5.41, 5.74) is 5.96. The number of hydrogen-bond acceptors (Lipinski definition) is 3. The Hall–Kier alpha value is -2.04. The first-order valence-electron chi connectivity index (χ1n) is 7.32. The van der Waals surface area contributed by atoms with Crippen molar-refractivity contribution < 1.29 is 14.3 Å². The zero-order chi connectivity index (χ0) is 15.2. The average Bonchev–Trinajstić information content (AvgIpc) is 2.45. The van der Waals surface area contributed by atoms with Gasteiger partial charge in [-0.25, -0.2) is 0 Å². The number of primary amides is 1. The predicted molar refractivity (Wildman–Crippen MR) is 79.8 cm³/mol. The van der Waals surface area contributed by atoms with Crippen molar-refractivity contribution in [2.45, 2.75) is 26.2 Å². The van der Waals surface area contributed by atoms with E-state index in [-0.39, 0.29) is 24.8 Å². The van der Waals surface area contributed by atoms with E-state index >= 15 is 0 Å². The van der Waals surface area contributed by atoms with Crippen LogP contribution in [-0.4, -0.2) is 36.4 Å². The summed E-state index contributed by atoms with van der Waals surface area (Å²) in [6.45, 7) is 3.87. The number of benzene rings is 1. The van der Waals surface area contributed by atoms with Crippen molar-refractivity contribution in [1.29, 1.82) is 0 Å². The molecule has 1 aromatic carbocycles. The van der Waals surface area contributed by atoms with Crippen LogP contribution in [0.1, 0.15) is 25.3 Å². The van der Waals surface area contributed by atoms with Crippen LogP contribution in [0.15, 0.2) is 24.3 Å². The van der Waals surface area contributed by atoms with E-state index in [0.717, 1.165) is 31.5 Å². The van der Waals surface area contributed by atoms with Crippen LogP contribution in [0.5, 0.6) is 5.75 Å². The maximum Gasteiger partial charge on any atom is 0.260 e. The number of carbonyl (C=O) groups is 2. The van der Waals surface area contributed by atoms with Crippen molar-refractivity contribution >= 4 is 11.8 Å². The smallest absolute Gasteiger partial charge is 0.260 e. The van der Waals surface area contributed by atoms with Gasteiger partial charge in [0.05, 0.1) is 6.42 Å². The van der Waals surface area contributed by atoms with Crippen LogP contribution in [-0.2, 0) is 16.0 Å². The van der Waals surface area contributed by atoms with E-state index in [9.17, 15) is 9.59 Å². The molecule has 0 spiro atoms. The first-order chi connectivity index (χ1) is 10.0. The normalized spacial score (nSPS) is 15.8. The Labute approximate surface area is 125 Å². The second kappa shape index (κ2) is 7.11. The van der Waals surface area contributed by atoms with Gasteiger partial charge in [0.15, 0.2) is 6.61 Å². The highest BCUT2D eigenvalue weighted by molar-refractivity contribution is 5.78. The van der Waals surface area contributed by atoms with Crippen molar-refractivity contribution in [2.75, 3.05) is 19.7 Å². The molecule has 2 rings (SSSR count). The SMILES string of the molecule is CC1CCN(C(=O)COc2cccc(CC(N)=O)c2)CC1. The van der Waals surface area contributed by atoms with Crippen LogP contribution < -0.4 is 10.5 Å². The van der Waals surface area contributed by atoms with E-state index in [1.165, 1.54) is 0 Å². The average molecular weight is 290 g/mol. The second-order valence-corrected chi connectivity index (χ2v) is 5.64. The predicted octanol–water partition coefficient (Wildman–Crippen LogP) is 1.35. The fraction of sp³-hybridized carbons (Fsp3) is 0.500. The summed E-state index contributed by atoms with van der Waals surface area (Å²) in [5, 5.41) is 0. The molecule has 1 saturated heterocycles. The van der Waals surface area contributed by atoms with E-state index in [1.807, 2.05) is 11.0 Å². The Morgan fingerprint density at radius 1 is 1.33 bits per heavy atom. The molecule has 2 amide bonds. The Bertz CT molecular complexity index is 508. The molecule has 0 unspecified atom stereocenters. The van der Waals surface area contributed by atoms with Crippen molar-refractivity contribution in [3.8, 4) is 5.75 Å². The Balaban J connectivity index is 1.85. The fourth-order valence-electron chi connectivity index (χ4n) is 2.44. The van der Waals surface area contributed by atoms with E-state index in [1.54, 1.807) is 18.2 Å². The number of piperidine rings is 1. The molecular formula is C16H22N2O3. The quantitative estimate of drug-likeness (QED) is 0.889. The molecule has 0 radical (unpaired) electrons. The van der Waals surface area contributed by atoms with Gasteiger partial charge in [-0.15, -0.1) is 0 Å². The Morgan fingerprint density at radius 3 is 2.71 bits per heavy atom. The molecule has 1 heterocycles. The first kappa shape index (κ1) is 15.4. The highest BCUT2D eigenvalue weighted by Gasteiger charge is 2.20. The summed E-state index contributed by atoms with van der Waals surface area (Å²) >= 11 is 0. The number of nitrogens with zero attached hydrogens (tertiary/aromatic N) is 1. The minimum Gasteiger partial charge on any atom is -0.484 e. The molecule has 0 aliphatic carbocycles. The van der Waals surface area contributed by atoms with Crippen molar-refractivity contribution in [3.63, 3.8) is 0 Å². The minimum atomic E-state index is -0.384. The Morgan fingerprint density at radius 2 is 2.05 bits per heavy atom. The third-order valence-corrected chi connectivity index (χ3v) is 3.78. The number of amides is 2. The largest absolute Gasteiger partial charge is 0.484 e. The van der Waals surface area contributed by atoms with E-state index in [4.69, 9.17) is 10.5 Å². The maximum absolute atomic E-state index is 12.1. The van der Waals surface area contributed by atoms with Crippen LogP contribution in [0.3, 0.4) is 0 Å². The minimum absolute atomic E-state index is 0.0159. The van der Waals surface area contributed by atoms with Gasteiger partial charge in [-0.2, -0.15) is 0 Å². The van der Waals surface area contributed by atoms with Gasteiger partial charge >= 0.3 is 0 Å². The Kier molecular flexibility index (Phi) is 5.20. The van der Waals surface area contributed by atoms with Gasteiger partial charge in [0.1, 0.15) is 5.75 Å². The molecule has 5 nitrogen and oxygen atoms in total. The molecule has 1 aliphatic heterocycles. The van der Waals surface area contributed by atoms with Gasteiger partial charge in [-0.05, 0) is 36.5 Å². The summed E-state index contributed by atoms with van der Waals surface area (Å²) in [7, 11) is 0. The van der Waals surface area contributed by atoms with Crippen molar-refractivity contribution in [3.05, 3.63) is 29.8 Å². The lowest BCUT2D eigenvalue weighted by molar-refractivity contribution is -0.134. The summed E-state index contributed by atoms with van der Waals surface area (Å²) in [4.78, 5) is 24.8. The van der Waals surface area contributed by atoms with E-state index < -0.39 is 0 Å². The zero-order valence-electron chi connectivity index (χ0n) is 12.4. The highest BCUT2D eigenvalue weighted by atomic mass is 16.5. The third-order valence-electron chi connectivity index (χ3n) is 3.78. The molecule has 0 bridgehead atoms. The standard InChI is InChI=1S/C16H22N2O3/c1-12-5-7-18(8-6-12)16(20)11-21-14-4-2-3-13(9-14)10-15(17)19/h2-4,9,12H,5-8,10-11H2,1H3,(H2,17,19). The molecule has 5 heteroatoms. The number of ether oxygens (including phenoxy) is 1. The molecule has 1 aromatic rings. The lowest BCUT2D eigenvalue weighted by Crippen LogP contribution is -2.40. The van der Waals surface area contributed by atoms with Crippen LogP contribution in [0.25, 0.3) is 0 Å². The molecule has 21 heavy (non-hydrogen) atoms. The lowest BCUT2D eigenvalue weighted by Gasteiger charge is -2.30. The van der Waals surface area contributed by atoms with Gasteiger partial charge in [0.25, 0.3) is 5.91 Å². The van der Waals surface area contributed by atoms with Crippen molar-refractivity contribution in [2.24, 2.45) is 11.7 Å². The number of rotatable bonds is 5. The van der Waals surface area contributed by atoms with Gasteiger partial charge in [-0.1, -0.05) is 19.1 Å². The molecular weight excluding hydrogens is 268 g/mol. The topological polar surface area (TPSA) is 72.6 Å². The summed E-state index contributed by atoms with van der Waals surface area (Å²) in [6.07, 6.45) is 2.29. The molecule has 0 aromatic heterocycles. The van der Waals surface area contributed by atoms with Crippen LogP contribution in [0, 0.1) is 5.92 Å². The van der Waals surface area contributed by atoms with Gasteiger partial charge in [-0.3, -0.25) is 9.59 Å². The maximum atomic E-state index is 12.1. The first-order valence-corrected chi connectivity index (χ1v) is 7.32. The fourth-order valence-corrected chi connectivity index (χ4v) is 2.44. The van der Waals surface area contributed by atoms with Crippen LogP contribution in [0.4, 0.5) is 0 Å². The second-order valence-electron chi connectivity index (χ2n) is 5.64. The number of carbonyl (C=O) groups excluding carboxylic acids is 2. The monoisotopic (exact) mass is 290 g/mol. The summed E-state index contributed by atoms with van der Waals surface area (Å²) in [6, 6.07) is 7.12. The van der Waals surface area contributed by atoms with Crippen molar-refractivity contribution in [1.82, 2.24) is 4.90 Å². The molecule has 0 saturated carbocycles. The zero-order valence-corrected chi connectivity index (χ0v) is 12.4. The van der Waals surface area contributed by atoms with Gasteiger partial charge in [0.2, 0.25) is 5.91 Å². The highest BCUT2D eigenvalue weighted by Crippen LogP contribution is 2.17. The molecule has 1 fully saturated rings. The third kappa shape index (κ3) is 4.77. The molecule has 114 valence electrons. The molecule has 2 N–H and O–H groups in total. The summed E-state index contributed by atoms with van der Waals surface area (Å²) < 4.78 is 5.53. The van der Waals surface area contributed by atoms with Crippen LogP contribution >= 0.6 is 0 Å². The molecule has 1 aliphatic rings. The van der Waals surface area contributed by atoms with E-state index in [0.29, 0.717) is 11.7 Å². The number of hydrogen-bond donors (Lipinski definition) is 1. The lowest BCUT2D eigenvalue weighted by atomic mass is 9.99. The van der Waals surface area contributed by atoms with Gasteiger partial charge < -0.3 is 15.4 Å². The van der Waals surface area contributed by atoms with Gasteiger partial charge in [0, 0.05) is 13.1 Å².